The van der Waals surface area contributed by atoms with Crippen LogP contribution in [0.4, 0.5) is 8.78 Å². The number of aryl methyl sites for hydroxylation is 1. The highest BCUT2D eigenvalue weighted by Crippen LogP contribution is 2.30. The zero-order valence-electron chi connectivity index (χ0n) is 12.4. The summed E-state index contributed by atoms with van der Waals surface area (Å²) in [6.45, 7) is 2.08. The average Bonchev–Trinajstić information content (AvgIpc) is 2.96. The standard InChI is InChI=1S/C14H15F2N3O3S/c1-9-17-14(22-18-9)10-4-6-19(7-5-10)23(20,21)13-8-11(15)2-3-12(13)16/h2-3,8,10H,4-7H2,1H3. The van der Waals surface area contributed by atoms with Crippen LogP contribution in [0.25, 0.3) is 0 Å². The number of piperidine rings is 1. The topological polar surface area (TPSA) is 76.3 Å². The SMILES string of the molecule is Cc1noc(C2CCN(S(=O)(=O)c3cc(F)ccc3F)CC2)n1. The predicted molar refractivity (Wildman–Crippen MR) is 76.1 cm³/mol. The largest absolute Gasteiger partial charge is 0.339 e. The molecule has 1 saturated heterocycles. The zero-order valence-corrected chi connectivity index (χ0v) is 13.2. The highest BCUT2D eigenvalue weighted by molar-refractivity contribution is 7.89. The van der Waals surface area contributed by atoms with Crippen molar-refractivity contribution >= 4 is 10.0 Å². The van der Waals surface area contributed by atoms with E-state index in [1.807, 2.05) is 0 Å². The molecule has 0 N–H and O–H groups in total. The highest BCUT2D eigenvalue weighted by Gasteiger charge is 2.33. The lowest BCUT2D eigenvalue weighted by atomic mass is 9.98. The lowest BCUT2D eigenvalue weighted by Crippen LogP contribution is -2.38. The smallest absolute Gasteiger partial charge is 0.246 e. The minimum Gasteiger partial charge on any atom is -0.339 e. The number of rotatable bonds is 3. The second kappa shape index (κ2) is 5.97. The van der Waals surface area contributed by atoms with Gasteiger partial charge < -0.3 is 4.52 Å². The van der Waals surface area contributed by atoms with Gasteiger partial charge >= 0.3 is 0 Å². The molecule has 1 fully saturated rings. The van der Waals surface area contributed by atoms with Crippen molar-refractivity contribution in [2.24, 2.45) is 0 Å². The third-order valence-corrected chi connectivity index (χ3v) is 5.77. The van der Waals surface area contributed by atoms with Crippen molar-refractivity contribution in [2.45, 2.75) is 30.6 Å². The first-order valence-corrected chi connectivity index (χ1v) is 8.57. The van der Waals surface area contributed by atoms with E-state index in [-0.39, 0.29) is 19.0 Å². The molecule has 2 heterocycles. The number of hydrogen-bond donors (Lipinski definition) is 0. The van der Waals surface area contributed by atoms with Gasteiger partial charge in [-0.25, -0.2) is 17.2 Å². The fourth-order valence-electron chi connectivity index (χ4n) is 2.64. The molecule has 0 bridgehead atoms. The molecule has 1 aliphatic heterocycles. The number of halogens is 2. The van der Waals surface area contributed by atoms with E-state index >= 15 is 0 Å². The summed E-state index contributed by atoms with van der Waals surface area (Å²) < 4.78 is 58.2. The van der Waals surface area contributed by atoms with Gasteiger partial charge in [-0.1, -0.05) is 5.16 Å². The maximum Gasteiger partial charge on any atom is 0.246 e. The minimum atomic E-state index is -4.06. The Hall–Kier alpha value is -1.87. The number of sulfonamides is 1. The van der Waals surface area contributed by atoms with Crippen LogP contribution in [-0.4, -0.2) is 36.0 Å². The molecule has 124 valence electrons. The molecule has 3 rings (SSSR count). The molecule has 0 aliphatic carbocycles. The number of aromatic nitrogens is 2. The molecule has 2 aromatic rings. The molecule has 0 atom stereocenters. The molecule has 0 spiro atoms. The van der Waals surface area contributed by atoms with E-state index in [1.54, 1.807) is 6.92 Å². The lowest BCUT2D eigenvalue weighted by molar-refractivity contribution is 0.269. The van der Waals surface area contributed by atoms with E-state index in [1.165, 1.54) is 0 Å². The average molecular weight is 343 g/mol. The molecule has 6 nitrogen and oxygen atoms in total. The van der Waals surface area contributed by atoms with Crippen LogP contribution in [0.5, 0.6) is 0 Å². The van der Waals surface area contributed by atoms with Crippen LogP contribution in [-0.2, 0) is 10.0 Å². The van der Waals surface area contributed by atoms with Gasteiger partial charge in [0.05, 0.1) is 0 Å². The summed E-state index contributed by atoms with van der Waals surface area (Å²) in [7, 11) is -4.06. The third-order valence-electron chi connectivity index (χ3n) is 3.86. The maximum absolute atomic E-state index is 13.8. The van der Waals surface area contributed by atoms with Crippen LogP contribution in [0.1, 0.15) is 30.5 Å². The fourth-order valence-corrected chi connectivity index (χ4v) is 4.18. The maximum atomic E-state index is 13.8. The minimum absolute atomic E-state index is 0.0278. The second-order valence-corrected chi connectivity index (χ2v) is 7.34. The first-order chi connectivity index (χ1) is 10.9. The molecule has 1 aromatic heterocycles. The van der Waals surface area contributed by atoms with E-state index in [4.69, 9.17) is 4.52 Å². The molecule has 1 aromatic carbocycles. The zero-order chi connectivity index (χ0) is 16.6. The monoisotopic (exact) mass is 343 g/mol. The third kappa shape index (κ3) is 3.11. The van der Waals surface area contributed by atoms with Gasteiger partial charge in [-0.3, -0.25) is 0 Å². The summed E-state index contributed by atoms with van der Waals surface area (Å²) in [6.07, 6.45) is 0.968. The van der Waals surface area contributed by atoms with Crippen LogP contribution >= 0.6 is 0 Å². The van der Waals surface area contributed by atoms with Crippen LogP contribution in [0, 0.1) is 18.6 Å². The molecule has 0 unspecified atom stereocenters. The number of nitrogens with zero attached hydrogens (tertiary/aromatic N) is 3. The van der Waals surface area contributed by atoms with Crippen LogP contribution < -0.4 is 0 Å². The van der Waals surface area contributed by atoms with Gasteiger partial charge in [0, 0.05) is 19.0 Å². The van der Waals surface area contributed by atoms with Crippen molar-refractivity contribution in [3.8, 4) is 0 Å². The van der Waals surface area contributed by atoms with Crippen molar-refractivity contribution in [3.63, 3.8) is 0 Å². The quantitative estimate of drug-likeness (QED) is 0.854. The molecule has 0 amide bonds. The van der Waals surface area contributed by atoms with Crippen molar-refractivity contribution in [2.75, 3.05) is 13.1 Å². The number of hydrogen-bond acceptors (Lipinski definition) is 5. The Bertz CT molecular complexity index is 814. The Kier molecular flexibility index (Phi) is 4.15. The lowest BCUT2D eigenvalue weighted by Gasteiger charge is -2.29. The van der Waals surface area contributed by atoms with Gasteiger partial charge in [-0.2, -0.15) is 9.29 Å². The van der Waals surface area contributed by atoms with E-state index in [0.29, 0.717) is 30.6 Å². The van der Waals surface area contributed by atoms with Crippen LogP contribution in [0.3, 0.4) is 0 Å². The summed E-state index contributed by atoms with van der Waals surface area (Å²) in [5.74, 6) is -0.768. The van der Waals surface area contributed by atoms with E-state index in [2.05, 4.69) is 10.1 Å². The Morgan fingerprint density at radius 2 is 1.96 bits per heavy atom. The Morgan fingerprint density at radius 3 is 2.57 bits per heavy atom. The van der Waals surface area contributed by atoms with Crippen LogP contribution in [0.2, 0.25) is 0 Å². The molecule has 23 heavy (non-hydrogen) atoms. The summed E-state index contributed by atoms with van der Waals surface area (Å²) in [6, 6.07) is 2.41. The molecule has 1 aliphatic rings. The molecule has 0 saturated carbocycles. The molecule has 9 heteroatoms. The van der Waals surface area contributed by atoms with Gasteiger partial charge in [0.25, 0.3) is 0 Å². The summed E-state index contributed by atoms with van der Waals surface area (Å²) in [5, 5.41) is 3.72. The molecular weight excluding hydrogens is 328 g/mol. The van der Waals surface area contributed by atoms with E-state index in [9.17, 15) is 17.2 Å². The van der Waals surface area contributed by atoms with Crippen molar-refractivity contribution in [3.05, 3.63) is 41.5 Å². The summed E-state index contributed by atoms with van der Waals surface area (Å²) in [5.41, 5.74) is 0. The number of benzene rings is 1. The van der Waals surface area contributed by atoms with Gasteiger partial charge in [0.2, 0.25) is 15.9 Å². The van der Waals surface area contributed by atoms with Crippen molar-refractivity contribution < 1.29 is 21.7 Å². The van der Waals surface area contributed by atoms with Gasteiger partial charge in [-0.15, -0.1) is 0 Å². The van der Waals surface area contributed by atoms with Crippen molar-refractivity contribution in [1.29, 1.82) is 0 Å². The van der Waals surface area contributed by atoms with Gasteiger partial charge in [0.1, 0.15) is 16.5 Å². The Morgan fingerprint density at radius 1 is 1.26 bits per heavy atom. The van der Waals surface area contributed by atoms with Gasteiger partial charge in [0.15, 0.2) is 5.82 Å². The first kappa shape index (κ1) is 16.0. The van der Waals surface area contributed by atoms with Crippen molar-refractivity contribution in [1.82, 2.24) is 14.4 Å². The van der Waals surface area contributed by atoms with Crippen LogP contribution in [0.15, 0.2) is 27.6 Å². The summed E-state index contributed by atoms with van der Waals surface area (Å²) >= 11 is 0. The van der Waals surface area contributed by atoms with Gasteiger partial charge in [-0.05, 0) is 38.0 Å². The van der Waals surface area contributed by atoms with E-state index < -0.39 is 26.6 Å². The molecule has 0 radical (unpaired) electrons. The molecular formula is C14H15F2N3O3S. The Balaban J connectivity index is 1.77. The predicted octanol–water partition coefficient (Wildman–Crippen LogP) is 2.22. The highest BCUT2D eigenvalue weighted by atomic mass is 32.2. The van der Waals surface area contributed by atoms with E-state index in [0.717, 1.165) is 16.4 Å². The fraction of sp³-hybridized carbons (Fsp3) is 0.429. The Labute approximate surface area is 132 Å². The normalized spacial score (nSPS) is 17.5. The first-order valence-electron chi connectivity index (χ1n) is 7.13. The second-order valence-electron chi connectivity index (χ2n) is 5.43. The summed E-state index contributed by atoms with van der Waals surface area (Å²) in [4.78, 5) is 3.52.